The van der Waals surface area contributed by atoms with Gasteiger partial charge in [-0.2, -0.15) is 5.26 Å². The summed E-state index contributed by atoms with van der Waals surface area (Å²) in [6.07, 6.45) is 0.748. The summed E-state index contributed by atoms with van der Waals surface area (Å²) in [6, 6.07) is 3.44. The van der Waals surface area contributed by atoms with Crippen molar-refractivity contribution in [1.29, 1.82) is 5.26 Å². The maximum atomic E-state index is 11.6. The van der Waals surface area contributed by atoms with Gasteiger partial charge in [-0.15, -0.1) is 0 Å². The van der Waals surface area contributed by atoms with E-state index < -0.39 is 0 Å². The summed E-state index contributed by atoms with van der Waals surface area (Å²) in [5.74, 6) is 0. The lowest BCUT2D eigenvalue weighted by atomic mass is 10.2. The second-order valence-electron chi connectivity index (χ2n) is 2.77. The highest BCUT2D eigenvalue weighted by Crippen LogP contribution is 2.16. The molecule has 0 N–H and O–H groups in total. The Morgan fingerprint density at radius 3 is 2.79 bits per heavy atom. The fourth-order valence-electron chi connectivity index (χ4n) is 1.19. The largest absolute Gasteiger partial charge is 0.313 e. The Labute approximate surface area is 98.6 Å². The Balaban J connectivity index is 3.43. The molecule has 0 saturated carbocycles. The average molecular weight is 320 g/mol. The zero-order chi connectivity index (χ0) is 10.7. The van der Waals surface area contributed by atoms with Crippen LogP contribution in [0.1, 0.15) is 11.3 Å². The van der Waals surface area contributed by atoms with Crippen LogP contribution in [0.5, 0.6) is 0 Å². The fraction of sp³-hybridized carbons (Fsp3) is 0.333. The van der Waals surface area contributed by atoms with Crippen LogP contribution in [0.15, 0.2) is 15.3 Å². The second-order valence-corrected chi connectivity index (χ2v) is 4.41. The van der Waals surface area contributed by atoms with Crippen molar-refractivity contribution < 1.29 is 0 Å². The van der Waals surface area contributed by atoms with E-state index in [0.717, 1.165) is 21.9 Å². The molecule has 0 saturated heterocycles. The maximum absolute atomic E-state index is 11.6. The highest BCUT2D eigenvalue weighted by Gasteiger charge is 2.09. The number of pyridine rings is 1. The summed E-state index contributed by atoms with van der Waals surface area (Å²) < 4.78 is 2.31. The number of aromatic nitrogens is 1. The molecule has 0 atom stereocenters. The van der Waals surface area contributed by atoms with Crippen LogP contribution in [0.3, 0.4) is 0 Å². The molecule has 1 heterocycles. The van der Waals surface area contributed by atoms with Crippen molar-refractivity contribution in [3.05, 3.63) is 32.2 Å². The molecule has 74 valence electrons. The number of nitrogens with zero attached hydrogens (tertiary/aromatic N) is 2. The summed E-state index contributed by atoms with van der Waals surface area (Å²) in [6.45, 7) is 0. The number of nitriles is 1. The molecule has 14 heavy (non-hydrogen) atoms. The lowest BCUT2D eigenvalue weighted by Crippen LogP contribution is -2.23. The molecule has 0 aliphatic heterocycles. The van der Waals surface area contributed by atoms with Crippen molar-refractivity contribution in [3.63, 3.8) is 0 Å². The highest BCUT2D eigenvalue weighted by molar-refractivity contribution is 9.10. The van der Waals surface area contributed by atoms with Crippen LogP contribution in [0.4, 0.5) is 0 Å². The number of halogens is 2. The summed E-state index contributed by atoms with van der Waals surface area (Å²) in [7, 11) is 1.67. The van der Waals surface area contributed by atoms with E-state index in [-0.39, 0.29) is 11.1 Å². The summed E-state index contributed by atoms with van der Waals surface area (Å²) >= 11 is 6.66. The molecule has 1 rings (SSSR count). The molecule has 0 amide bonds. The highest BCUT2D eigenvalue weighted by atomic mass is 79.9. The SMILES string of the molecule is Cn1c(CCBr)c(Br)cc(C#N)c1=O. The monoisotopic (exact) mass is 318 g/mol. The molecule has 5 heteroatoms. The normalized spacial score (nSPS) is 9.86. The zero-order valence-corrected chi connectivity index (χ0v) is 10.7. The molecular weight excluding hydrogens is 312 g/mol. The molecule has 0 spiro atoms. The second kappa shape index (κ2) is 4.76. The third-order valence-electron chi connectivity index (χ3n) is 1.94. The molecule has 0 aromatic carbocycles. The number of rotatable bonds is 2. The Bertz CT molecular complexity index is 445. The van der Waals surface area contributed by atoms with E-state index in [0.29, 0.717) is 0 Å². The van der Waals surface area contributed by atoms with Gasteiger partial charge in [-0.05, 0) is 28.4 Å². The van der Waals surface area contributed by atoms with Gasteiger partial charge in [0, 0.05) is 22.5 Å². The fourth-order valence-corrected chi connectivity index (χ4v) is 2.26. The van der Waals surface area contributed by atoms with Crippen molar-refractivity contribution in [1.82, 2.24) is 4.57 Å². The maximum Gasteiger partial charge on any atom is 0.268 e. The molecule has 0 aliphatic carbocycles. The predicted molar refractivity (Wildman–Crippen MR) is 61.6 cm³/mol. The Kier molecular flexibility index (Phi) is 3.90. The van der Waals surface area contributed by atoms with Crippen LogP contribution in [0.25, 0.3) is 0 Å². The number of alkyl halides is 1. The molecule has 0 unspecified atom stereocenters. The van der Waals surface area contributed by atoms with E-state index in [1.54, 1.807) is 13.1 Å². The molecule has 1 aromatic heterocycles. The standard InChI is InChI=1S/C9H8Br2N2O/c1-13-8(2-3-10)7(11)4-6(5-12)9(13)14/h4H,2-3H2,1H3. The van der Waals surface area contributed by atoms with E-state index in [2.05, 4.69) is 31.9 Å². The first-order valence-electron chi connectivity index (χ1n) is 3.96. The van der Waals surface area contributed by atoms with Gasteiger partial charge in [0.25, 0.3) is 5.56 Å². The van der Waals surface area contributed by atoms with Gasteiger partial charge < -0.3 is 4.57 Å². The van der Waals surface area contributed by atoms with Gasteiger partial charge in [-0.25, -0.2) is 0 Å². The van der Waals surface area contributed by atoms with Gasteiger partial charge in [-0.1, -0.05) is 15.9 Å². The van der Waals surface area contributed by atoms with Gasteiger partial charge >= 0.3 is 0 Å². The Morgan fingerprint density at radius 2 is 2.29 bits per heavy atom. The van der Waals surface area contributed by atoms with Gasteiger partial charge in [0.2, 0.25) is 0 Å². The minimum atomic E-state index is -0.244. The minimum Gasteiger partial charge on any atom is -0.313 e. The molecule has 0 fully saturated rings. The lowest BCUT2D eigenvalue weighted by molar-refractivity contribution is 0.776. The van der Waals surface area contributed by atoms with E-state index in [4.69, 9.17) is 5.26 Å². The minimum absolute atomic E-state index is 0.165. The first kappa shape index (κ1) is 11.5. The first-order valence-corrected chi connectivity index (χ1v) is 5.87. The van der Waals surface area contributed by atoms with Crippen LogP contribution in [-0.4, -0.2) is 9.90 Å². The molecule has 1 aromatic rings. The van der Waals surface area contributed by atoms with E-state index >= 15 is 0 Å². The van der Waals surface area contributed by atoms with Crippen LogP contribution in [0.2, 0.25) is 0 Å². The molecule has 0 radical (unpaired) electrons. The third-order valence-corrected chi connectivity index (χ3v) is 3.02. The Hall–Kier alpha value is -0.600. The van der Waals surface area contributed by atoms with E-state index in [9.17, 15) is 4.79 Å². The molecular formula is C9H8Br2N2O. The average Bonchev–Trinajstić information content (AvgIpc) is 2.18. The van der Waals surface area contributed by atoms with Crippen LogP contribution >= 0.6 is 31.9 Å². The molecule has 0 bridgehead atoms. The van der Waals surface area contributed by atoms with Crippen molar-refractivity contribution in [2.24, 2.45) is 7.05 Å². The van der Waals surface area contributed by atoms with Gasteiger partial charge in [0.05, 0.1) is 0 Å². The smallest absolute Gasteiger partial charge is 0.268 e. The van der Waals surface area contributed by atoms with Gasteiger partial charge in [-0.3, -0.25) is 4.79 Å². The third kappa shape index (κ3) is 2.07. The van der Waals surface area contributed by atoms with Crippen molar-refractivity contribution in [2.45, 2.75) is 6.42 Å². The van der Waals surface area contributed by atoms with Crippen molar-refractivity contribution >= 4 is 31.9 Å². The van der Waals surface area contributed by atoms with Crippen LogP contribution in [-0.2, 0) is 13.5 Å². The number of hydrogen-bond donors (Lipinski definition) is 0. The lowest BCUT2D eigenvalue weighted by Gasteiger charge is -2.09. The van der Waals surface area contributed by atoms with E-state index in [1.807, 2.05) is 6.07 Å². The van der Waals surface area contributed by atoms with E-state index in [1.165, 1.54) is 4.57 Å². The van der Waals surface area contributed by atoms with Gasteiger partial charge in [0.15, 0.2) is 0 Å². The summed E-state index contributed by atoms with van der Waals surface area (Å²) in [4.78, 5) is 11.6. The van der Waals surface area contributed by atoms with Crippen molar-refractivity contribution in [2.75, 3.05) is 5.33 Å². The summed E-state index contributed by atoms with van der Waals surface area (Å²) in [5.41, 5.74) is 0.815. The van der Waals surface area contributed by atoms with Crippen molar-refractivity contribution in [3.8, 4) is 6.07 Å². The first-order chi connectivity index (χ1) is 6.61. The number of hydrogen-bond acceptors (Lipinski definition) is 2. The zero-order valence-electron chi connectivity index (χ0n) is 7.55. The predicted octanol–water partition coefficient (Wildman–Crippen LogP) is 1.96. The van der Waals surface area contributed by atoms with Gasteiger partial charge in [0.1, 0.15) is 11.6 Å². The Morgan fingerprint density at radius 1 is 1.64 bits per heavy atom. The van der Waals surface area contributed by atoms with Crippen LogP contribution in [0, 0.1) is 11.3 Å². The molecule has 3 nitrogen and oxygen atoms in total. The molecule has 0 aliphatic rings. The topological polar surface area (TPSA) is 45.8 Å². The quantitative estimate of drug-likeness (QED) is 0.782. The summed E-state index contributed by atoms with van der Waals surface area (Å²) in [5, 5.41) is 9.48. The van der Waals surface area contributed by atoms with Crippen LogP contribution < -0.4 is 5.56 Å².